The van der Waals surface area contributed by atoms with Crippen molar-refractivity contribution in [3.8, 4) is 5.75 Å². The molecule has 1 aromatic carbocycles. The van der Waals surface area contributed by atoms with Crippen molar-refractivity contribution in [3.63, 3.8) is 0 Å². The van der Waals surface area contributed by atoms with Gasteiger partial charge >= 0.3 is 6.09 Å². The van der Waals surface area contributed by atoms with Crippen LogP contribution in [0.15, 0.2) is 22.1 Å². The van der Waals surface area contributed by atoms with Gasteiger partial charge in [-0.3, -0.25) is 0 Å². The van der Waals surface area contributed by atoms with Crippen LogP contribution in [0, 0.1) is 0 Å². The number of phenols is 1. The molecule has 0 atom stereocenters. The number of azide groups is 1. The van der Waals surface area contributed by atoms with E-state index in [0.717, 1.165) is 4.90 Å². The monoisotopic (exact) mass is 266 g/mol. The third kappa shape index (κ3) is 2.44. The highest BCUT2D eigenvalue weighted by atomic mass is 32.2. The summed E-state index contributed by atoms with van der Waals surface area (Å²) in [4.78, 5) is 15.7. The first-order chi connectivity index (χ1) is 8.61. The quantitative estimate of drug-likeness (QED) is 0.462. The molecule has 2 N–H and O–H groups in total. The van der Waals surface area contributed by atoms with Gasteiger partial charge in [0.1, 0.15) is 5.75 Å². The van der Waals surface area contributed by atoms with E-state index in [1.807, 2.05) is 0 Å². The van der Waals surface area contributed by atoms with Crippen LogP contribution < -0.4 is 0 Å². The van der Waals surface area contributed by atoms with Crippen molar-refractivity contribution < 1.29 is 15.0 Å². The molecule has 0 aromatic heterocycles. The highest BCUT2D eigenvalue weighted by Crippen LogP contribution is 2.37. The molecular formula is C10H10N4O3S. The third-order valence-electron chi connectivity index (χ3n) is 2.56. The molecule has 1 aliphatic heterocycles. The number of rotatable bonds is 1. The number of carboxylic acid groups (broad SMARTS) is 1. The Labute approximate surface area is 107 Å². The fourth-order valence-corrected chi connectivity index (χ4v) is 2.74. The Kier molecular flexibility index (Phi) is 3.50. The van der Waals surface area contributed by atoms with Gasteiger partial charge in [-0.1, -0.05) is 5.11 Å². The Morgan fingerprint density at radius 1 is 1.56 bits per heavy atom. The maximum atomic E-state index is 11.0. The van der Waals surface area contributed by atoms with E-state index >= 15 is 0 Å². The Morgan fingerprint density at radius 3 is 3.00 bits per heavy atom. The molecule has 0 saturated carbocycles. The lowest BCUT2D eigenvalue weighted by Crippen LogP contribution is -2.29. The highest BCUT2D eigenvalue weighted by Gasteiger charge is 2.19. The van der Waals surface area contributed by atoms with Crippen molar-refractivity contribution >= 4 is 23.5 Å². The van der Waals surface area contributed by atoms with Crippen LogP contribution in [-0.2, 0) is 6.54 Å². The molecule has 1 aliphatic rings. The van der Waals surface area contributed by atoms with Gasteiger partial charge in [-0.25, -0.2) is 4.79 Å². The molecule has 0 fully saturated rings. The van der Waals surface area contributed by atoms with Crippen LogP contribution in [0.25, 0.3) is 10.4 Å². The maximum Gasteiger partial charge on any atom is 0.407 e. The number of benzene rings is 1. The van der Waals surface area contributed by atoms with Gasteiger partial charge in [0.15, 0.2) is 0 Å². The number of thioether (sulfide) groups is 1. The number of amides is 1. The molecular weight excluding hydrogens is 256 g/mol. The fourth-order valence-electron chi connectivity index (χ4n) is 1.70. The first-order valence-electron chi connectivity index (χ1n) is 5.13. The van der Waals surface area contributed by atoms with Crippen LogP contribution in [0.4, 0.5) is 10.5 Å². The summed E-state index contributed by atoms with van der Waals surface area (Å²) < 4.78 is 0. The number of carbonyl (C=O) groups is 1. The average molecular weight is 266 g/mol. The second kappa shape index (κ2) is 5.07. The second-order valence-corrected chi connectivity index (χ2v) is 4.83. The molecule has 94 valence electrons. The molecule has 0 radical (unpaired) electrons. The Balaban J connectivity index is 2.41. The van der Waals surface area contributed by atoms with Crippen LogP contribution in [0.1, 0.15) is 5.56 Å². The second-order valence-electron chi connectivity index (χ2n) is 3.69. The molecule has 0 unspecified atom stereocenters. The fraction of sp³-hybridized carbons (Fsp3) is 0.300. The van der Waals surface area contributed by atoms with E-state index in [2.05, 4.69) is 10.0 Å². The summed E-state index contributed by atoms with van der Waals surface area (Å²) >= 11 is 1.48. The summed E-state index contributed by atoms with van der Waals surface area (Å²) in [6.07, 6.45) is -0.984. The molecule has 0 bridgehead atoms. The lowest BCUT2D eigenvalue weighted by Gasteiger charge is -2.16. The third-order valence-corrected chi connectivity index (χ3v) is 3.64. The minimum atomic E-state index is -0.984. The van der Waals surface area contributed by atoms with Gasteiger partial charge in [0.2, 0.25) is 0 Å². The number of hydrogen-bond donors (Lipinski definition) is 2. The van der Waals surface area contributed by atoms with E-state index in [1.165, 1.54) is 22.7 Å². The molecule has 8 heteroatoms. The van der Waals surface area contributed by atoms with Crippen LogP contribution in [-0.4, -0.2) is 33.5 Å². The van der Waals surface area contributed by atoms with Crippen molar-refractivity contribution in [1.82, 2.24) is 4.90 Å². The first-order valence-corrected chi connectivity index (χ1v) is 6.12. The van der Waals surface area contributed by atoms with E-state index in [9.17, 15) is 9.90 Å². The predicted octanol–water partition coefficient (Wildman–Crippen LogP) is 2.92. The summed E-state index contributed by atoms with van der Waals surface area (Å²) in [6.45, 7) is 0.647. The van der Waals surface area contributed by atoms with Gasteiger partial charge < -0.3 is 15.1 Å². The van der Waals surface area contributed by atoms with Gasteiger partial charge in [-0.05, 0) is 23.2 Å². The van der Waals surface area contributed by atoms with Crippen molar-refractivity contribution in [2.24, 2.45) is 5.11 Å². The normalized spacial score (nSPS) is 14.3. The van der Waals surface area contributed by atoms with Crippen LogP contribution in [0.3, 0.4) is 0 Å². The van der Waals surface area contributed by atoms with Gasteiger partial charge in [-0.15, -0.1) is 11.8 Å². The predicted molar refractivity (Wildman–Crippen MR) is 66.1 cm³/mol. The minimum absolute atomic E-state index is 0.139. The van der Waals surface area contributed by atoms with Crippen molar-refractivity contribution in [1.29, 1.82) is 0 Å². The van der Waals surface area contributed by atoms with Crippen LogP contribution in [0.5, 0.6) is 5.75 Å². The maximum absolute atomic E-state index is 11.0. The average Bonchev–Trinajstić information content (AvgIpc) is 2.52. The van der Waals surface area contributed by atoms with Crippen LogP contribution >= 0.6 is 11.8 Å². The SMILES string of the molecule is [N-]=[N+]=Nc1cc2c(cc1O)CN(C(=O)O)CCS2. The van der Waals surface area contributed by atoms with E-state index in [1.54, 1.807) is 6.07 Å². The molecule has 2 rings (SSSR count). The summed E-state index contributed by atoms with van der Waals surface area (Å²) in [6, 6.07) is 3.04. The smallest absolute Gasteiger partial charge is 0.407 e. The summed E-state index contributed by atoms with van der Waals surface area (Å²) in [5, 5.41) is 22.0. The molecule has 1 amide bonds. The Morgan fingerprint density at radius 2 is 2.33 bits per heavy atom. The Hall–Kier alpha value is -2.05. The zero-order chi connectivity index (χ0) is 13.1. The van der Waals surface area contributed by atoms with Gasteiger partial charge in [0.25, 0.3) is 0 Å². The summed E-state index contributed by atoms with van der Waals surface area (Å²) in [5.74, 6) is 0.485. The number of phenolic OH excluding ortho intramolecular Hbond substituents is 1. The molecule has 7 nitrogen and oxygen atoms in total. The van der Waals surface area contributed by atoms with E-state index in [4.69, 9.17) is 10.6 Å². The van der Waals surface area contributed by atoms with Gasteiger partial charge in [0, 0.05) is 22.1 Å². The molecule has 1 aromatic rings. The topological polar surface area (TPSA) is 110 Å². The molecule has 0 spiro atoms. The Bertz CT molecular complexity index is 542. The lowest BCUT2D eigenvalue weighted by atomic mass is 10.2. The minimum Gasteiger partial charge on any atom is -0.507 e. The zero-order valence-electron chi connectivity index (χ0n) is 9.28. The van der Waals surface area contributed by atoms with Crippen molar-refractivity contribution in [3.05, 3.63) is 28.1 Å². The lowest BCUT2D eigenvalue weighted by molar-refractivity contribution is 0.145. The van der Waals surface area contributed by atoms with Gasteiger partial charge in [-0.2, -0.15) is 0 Å². The molecule has 1 heterocycles. The summed E-state index contributed by atoms with van der Waals surface area (Å²) in [5.41, 5.74) is 9.25. The van der Waals surface area contributed by atoms with Crippen molar-refractivity contribution in [2.45, 2.75) is 11.4 Å². The summed E-state index contributed by atoms with van der Waals surface area (Å²) in [7, 11) is 0. The van der Waals surface area contributed by atoms with E-state index in [0.29, 0.717) is 17.9 Å². The number of fused-ring (bicyclic) bond motifs is 1. The number of nitrogens with zero attached hydrogens (tertiary/aromatic N) is 4. The molecule has 0 saturated heterocycles. The largest absolute Gasteiger partial charge is 0.507 e. The van der Waals surface area contributed by atoms with E-state index in [-0.39, 0.29) is 18.0 Å². The first kappa shape index (κ1) is 12.4. The van der Waals surface area contributed by atoms with Crippen LogP contribution in [0.2, 0.25) is 0 Å². The van der Waals surface area contributed by atoms with E-state index < -0.39 is 6.09 Å². The van der Waals surface area contributed by atoms with Gasteiger partial charge in [0.05, 0.1) is 12.2 Å². The zero-order valence-corrected chi connectivity index (χ0v) is 10.1. The number of aromatic hydroxyl groups is 1. The standard InChI is InChI=1S/C10H10N4O3S/c11-13-12-7-4-9-6(3-8(7)15)5-14(10(16)17)1-2-18-9/h3-4,15H,1-2,5H2,(H,16,17). The molecule has 18 heavy (non-hydrogen) atoms. The van der Waals surface area contributed by atoms with Crippen molar-refractivity contribution in [2.75, 3.05) is 12.3 Å². The highest BCUT2D eigenvalue weighted by molar-refractivity contribution is 7.99. The number of hydrogen-bond acceptors (Lipinski definition) is 4. The molecule has 0 aliphatic carbocycles.